The van der Waals surface area contributed by atoms with E-state index in [0.29, 0.717) is 0 Å². The van der Waals surface area contributed by atoms with Gasteiger partial charge in [-0.1, -0.05) is 24.3 Å². The van der Waals surface area contributed by atoms with Gasteiger partial charge in [0.1, 0.15) is 11.8 Å². The van der Waals surface area contributed by atoms with Crippen molar-refractivity contribution < 1.29 is 36.4 Å². The summed E-state index contributed by atoms with van der Waals surface area (Å²) in [6.45, 7) is 0. The molecule has 24 heavy (non-hydrogen) atoms. The van der Waals surface area contributed by atoms with Gasteiger partial charge in [0.15, 0.2) is 11.6 Å². The molecule has 0 aromatic heterocycles. The highest BCUT2D eigenvalue weighted by atomic mass is 32.2. The molecule has 0 saturated heterocycles. The number of hydrogen-bond acceptors (Lipinski definition) is 4. The Morgan fingerprint density at radius 3 is 2.42 bits per heavy atom. The molecule has 1 amide bonds. The van der Waals surface area contributed by atoms with Gasteiger partial charge in [-0.15, -0.1) is 0 Å². The van der Waals surface area contributed by atoms with E-state index < -0.39 is 51.0 Å². The van der Waals surface area contributed by atoms with Gasteiger partial charge in [-0.25, -0.2) is 13.6 Å². The van der Waals surface area contributed by atoms with Gasteiger partial charge in [-0.3, -0.25) is 9.35 Å². The van der Waals surface area contributed by atoms with Crippen LogP contribution in [0.25, 0.3) is 10.8 Å². The predicted octanol–water partition coefficient (Wildman–Crippen LogP) is 1.19. The zero-order valence-corrected chi connectivity index (χ0v) is 12.7. The molecule has 128 valence electrons. The second-order valence-corrected chi connectivity index (χ2v) is 6.38. The summed E-state index contributed by atoms with van der Waals surface area (Å²) in [4.78, 5) is 23.2. The molecule has 0 spiro atoms. The van der Waals surface area contributed by atoms with Gasteiger partial charge in [-0.2, -0.15) is 8.42 Å². The van der Waals surface area contributed by atoms with Gasteiger partial charge in [-0.05, 0) is 16.8 Å². The minimum atomic E-state index is -4.72. The molecule has 0 aliphatic heterocycles. The van der Waals surface area contributed by atoms with Gasteiger partial charge < -0.3 is 10.4 Å². The van der Waals surface area contributed by atoms with E-state index in [1.165, 1.54) is 24.3 Å². The van der Waals surface area contributed by atoms with Crippen molar-refractivity contribution in [1.29, 1.82) is 0 Å². The fourth-order valence-corrected chi connectivity index (χ4v) is 2.77. The maximum absolute atomic E-state index is 14.0. The van der Waals surface area contributed by atoms with Crippen LogP contribution in [0.2, 0.25) is 0 Å². The number of carboxylic acid groups (broad SMARTS) is 1. The van der Waals surface area contributed by atoms with Crippen molar-refractivity contribution in [3.63, 3.8) is 0 Å². The molecule has 2 rings (SSSR count). The van der Waals surface area contributed by atoms with Crippen LogP contribution in [0.5, 0.6) is 0 Å². The Morgan fingerprint density at radius 2 is 1.83 bits per heavy atom. The first kappa shape index (κ1) is 17.8. The second-order valence-electron chi connectivity index (χ2n) is 4.88. The molecule has 2 aromatic carbocycles. The quantitative estimate of drug-likeness (QED) is 0.690. The predicted molar refractivity (Wildman–Crippen MR) is 79.2 cm³/mol. The Labute approximate surface area is 134 Å². The Kier molecular flexibility index (Phi) is 4.81. The number of rotatable bonds is 5. The Bertz CT molecular complexity index is 928. The summed E-state index contributed by atoms with van der Waals surface area (Å²) in [6, 6.07) is 4.57. The molecule has 1 atom stereocenters. The molecule has 0 fully saturated rings. The highest BCUT2D eigenvalue weighted by Crippen LogP contribution is 2.24. The first-order chi connectivity index (χ1) is 11.1. The van der Waals surface area contributed by atoms with Crippen LogP contribution >= 0.6 is 0 Å². The van der Waals surface area contributed by atoms with Crippen molar-refractivity contribution in [3.8, 4) is 0 Å². The smallest absolute Gasteiger partial charge is 0.327 e. The SMILES string of the molecule is O=C(NC(CS(=O)(=O)O)C(=O)O)c1c(F)c(F)cc2ccccc12. The number of carbonyl (C=O) groups excluding carboxylic acids is 1. The van der Waals surface area contributed by atoms with E-state index >= 15 is 0 Å². The van der Waals surface area contributed by atoms with E-state index in [4.69, 9.17) is 9.66 Å². The van der Waals surface area contributed by atoms with Crippen LogP contribution in [0.1, 0.15) is 10.4 Å². The largest absolute Gasteiger partial charge is 0.480 e. The summed E-state index contributed by atoms with van der Waals surface area (Å²) < 4.78 is 58.0. The number of benzene rings is 2. The zero-order valence-electron chi connectivity index (χ0n) is 11.9. The molecule has 1 unspecified atom stereocenters. The number of hydrogen-bond donors (Lipinski definition) is 3. The van der Waals surface area contributed by atoms with Crippen molar-refractivity contribution >= 4 is 32.8 Å². The van der Waals surface area contributed by atoms with Gasteiger partial charge >= 0.3 is 5.97 Å². The first-order valence-electron chi connectivity index (χ1n) is 6.45. The molecular weight excluding hydrogens is 348 g/mol. The van der Waals surface area contributed by atoms with Gasteiger partial charge in [0.2, 0.25) is 0 Å². The third-order valence-corrected chi connectivity index (χ3v) is 3.90. The maximum atomic E-state index is 14.0. The number of carboxylic acids is 1. The standard InChI is InChI=1S/C14H11F2NO6S/c15-9-5-7-3-1-2-4-8(7)11(12(9)16)13(18)17-10(14(19)20)6-24(21,22)23/h1-5,10H,6H2,(H,17,18)(H,19,20)(H,21,22,23). The van der Waals surface area contributed by atoms with E-state index in [2.05, 4.69) is 0 Å². The van der Waals surface area contributed by atoms with Crippen LogP contribution in [0, 0.1) is 11.6 Å². The first-order valence-corrected chi connectivity index (χ1v) is 8.06. The average molecular weight is 359 g/mol. The second kappa shape index (κ2) is 6.49. The maximum Gasteiger partial charge on any atom is 0.327 e. The third-order valence-electron chi connectivity index (χ3n) is 3.15. The fraction of sp³-hybridized carbons (Fsp3) is 0.143. The molecule has 0 aliphatic carbocycles. The monoisotopic (exact) mass is 359 g/mol. The van der Waals surface area contributed by atoms with Crippen LogP contribution in [-0.4, -0.2) is 41.7 Å². The lowest BCUT2D eigenvalue weighted by Crippen LogP contribution is -2.45. The summed E-state index contributed by atoms with van der Waals surface area (Å²) in [5, 5.41) is 10.9. The third kappa shape index (κ3) is 3.84. The van der Waals surface area contributed by atoms with Crippen LogP contribution < -0.4 is 5.32 Å². The molecule has 0 bridgehead atoms. The zero-order chi connectivity index (χ0) is 18.1. The number of halogens is 2. The number of fused-ring (bicyclic) bond motifs is 1. The molecule has 0 heterocycles. The van der Waals surface area contributed by atoms with Crippen molar-refractivity contribution in [3.05, 3.63) is 47.5 Å². The average Bonchev–Trinajstić information content (AvgIpc) is 2.46. The van der Waals surface area contributed by atoms with E-state index in [1.54, 1.807) is 5.32 Å². The van der Waals surface area contributed by atoms with Crippen LogP contribution in [0.3, 0.4) is 0 Å². The van der Waals surface area contributed by atoms with Crippen molar-refractivity contribution in [1.82, 2.24) is 5.32 Å². The summed E-state index contributed by atoms with van der Waals surface area (Å²) in [6.07, 6.45) is 0. The Balaban J connectivity index is 2.47. The topological polar surface area (TPSA) is 121 Å². The summed E-state index contributed by atoms with van der Waals surface area (Å²) in [7, 11) is -4.72. The summed E-state index contributed by atoms with van der Waals surface area (Å²) in [5.41, 5.74) is -0.757. The van der Waals surface area contributed by atoms with E-state index in [-0.39, 0.29) is 10.8 Å². The van der Waals surface area contributed by atoms with Crippen molar-refractivity contribution in [2.75, 3.05) is 5.75 Å². The number of carbonyl (C=O) groups is 2. The summed E-state index contributed by atoms with van der Waals surface area (Å²) >= 11 is 0. The summed E-state index contributed by atoms with van der Waals surface area (Å²) in [5.74, 6) is -7.22. The van der Waals surface area contributed by atoms with Crippen molar-refractivity contribution in [2.45, 2.75) is 6.04 Å². The van der Waals surface area contributed by atoms with Crippen LogP contribution in [0.15, 0.2) is 30.3 Å². The Morgan fingerprint density at radius 1 is 1.21 bits per heavy atom. The molecule has 0 saturated carbocycles. The minimum absolute atomic E-state index is 0.0184. The number of amides is 1. The molecular formula is C14H11F2NO6S. The highest BCUT2D eigenvalue weighted by molar-refractivity contribution is 7.85. The van der Waals surface area contributed by atoms with Gasteiger partial charge in [0, 0.05) is 0 Å². The van der Waals surface area contributed by atoms with Crippen LogP contribution in [0.4, 0.5) is 8.78 Å². The van der Waals surface area contributed by atoms with Gasteiger partial charge in [0.05, 0.1) is 5.56 Å². The van der Waals surface area contributed by atoms with E-state index in [1.807, 2.05) is 0 Å². The molecule has 3 N–H and O–H groups in total. The normalized spacial score (nSPS) is 12.8. The van der Waals surface area contributed by atoms with Gasteiger partial charge in [0.25, 0.3) is 16.0 Å². The van der Waals surface area contributed by atoms with E-state index in [0.717, 1.165) is 6.07 Å². The highest BCUT2D eigenvalue weighted by Gasteiger charge is 2.28. The lowest BCUT2D eigenvalue weighted by molar-refractivity contribution is -0.138. The number of nitrogens with one attached hydrogen (secondary N) is 1. The molecule has 2 aromatic rings. The number of aliphatic carboxylic acids is 1. The lowest BCUT2D eigenvalue weighted by atomic mass is 10.0. The van der Waals surface area contributed by atoms with E-state index in [9.17, 15) is 26.8 Å². The lowest BCUT2D eigenvalue weighted by Gasteiger charge is -2.15. The van der Waals surface area contributed by atoms with Crippen molar-refractivity contribution in [2.24, 2.45) is 0 Å². The molecule has 10 heteroatoms. The molecule has 7 nitrogen and oxygen atoms in total. The van der Waals surface area contributed by atoms with Crippen LogP contribution in [-0.2, 0) is 14.9 Å². The molecule has 0 aliphatic rings. The fourth-order valence-electron chi connectivity index (χ4n) is 2.13. The molecule has 0 radical (unpaired) electrons. The minimum Gasteiger partial charge on any atom is -0.480 e. The Hall–Kier alpha value is -2.59.